The fourth-order valence-corrected chi connectivity index (χ4v) is 1.51. The van der Waals surface area contributed by atoms with Crippen molar-refractivity contribution in [3.63, 3.8) is 0 Å². The third-order valence-electron chi connectivity index (χ3n) is 2.14. The van der Waals surface area contributed by atoms with Gasteiger partial charge in [-0.25, -0.2) is 13.2 Å². The van der Waals surface area contributed by atoms with Crippen LogP contribution in [0.5, 0.6) is 0 Å². The lowest BCUT2D eigenvalue weighted by Gasteiger charge is -2.21. The molecule has 0 radical (unpaired) electrons. The molecule has 0 amide bonds. The molecule has 0 saturated carbocycles. The molecule has 0 aliphatic heterocycles. The molecule has 90 valence electrons. The lowest BCUT2D eigenvalue weighted by Crippen LogP contribution is -2.33. The summed E-state index contributed by atoms with van der Waals surface area (Å²) in [5, 5.41) is 0. The number of hydrogen-bond acceptors (Lipinski definition) is 2. The van der Waals surface area contributed by atoms with Crippen molar-refractivity contribution in [3.05, 3.63) is 35.6 Å². The third kappa shape index (κ3) is 4.63. The van der Waals surface area contributed by atoms with Crippen molar-refractivity contribution < 1.29 is 13.2 Å². The summed E-state index contributed by atoms with van der Waals surface area (Å²) >= 11 is 0. The summed E-state index contributed by atoms with van der Waals surface area (Å²) in [5.41, 5.74) is 6.00. The first-order chi connectivity index (χ1) is 7.61. The van der Waals surface area contributed by atoms with Crippen LogP contribution in [0.2, 0.25) is 0 Å². The van der Waals surface area contributed by atoms with E-state index in [1.807, 2.05) is 0 Å². The molecule has 0 atom stereocenters. The Kier molecular flexibility index (Phi) is 5.28. The number of rotatable bonds is 6. The van der Waals surface area contributed by atoms with E-state index in [0.717, 1.165) is 0 Å². The maximum absolute atomic E-state index is 12.9. The third-order valence-corrected chi connectivity index (χ3v) is 2.14. The summed E-state index contributed by atoms with van der Waals surface area (Å²) < 4.78 is 37.3. The van der Waals surface area contributed by atoms with Gasteiger partial charge in [0.2, 0.25) is 0 Å². The topological polar surface area (TPSA) is 29.3 Å². The molecular formula is C11H15F3N2. The second kappa shape index (κ2) is 6.50. The highest BCUT2D eigenvalue weighted by atomic mass is 19.3. The zero-order valence-corrected chi connectivity index (χ0v) is 8.87. The molecule has 0 aliphatic rings. The highest BCUT2D eigenvalue weighted by Gasteiger charge is 2.11. The lowest BCUT2D eigenvalue weighted by atomic mass is 10.2. The van der Waals surface area contributed by atoms with E-state index in [1.165, 1.54) is 17.0 Å². The lowest BCUT2D eigenvalue weighted by molar-refractivity contribution is 0.0862. The van der Waals surface area contributed by atoms with E-state index in [1.54, 1.807) is 12.1 Å². The first kappa shape index (κ1) is 13.0. The van der Waals surface area contributed by atoms with Crippen LogP contribution in [0.3, 0.4) is 0 Å². The Bertz CT molecular complexity index is 318. The molecule has 1 aromatic rings. The molecular weight excluding hydrogens is 217 g/mol. The summed E-state index contributed by atoms with van der Waals surface area (Å²) in [6.07, 6.45) is -2.40. The smallest absolute Gasteiger partial charge is 0.251 e. The number of hydrogen-bond donors (Lipinski definition) is 1. The fraction of sp³-hybridized carbons (Fsp3) is 0.455. The first-order valence-corrected chi connectivity index (χ1v) is 5.07. The second-order valence-corrected chi connectivity index (χ2v) is 3.54. The summed E-state index contributed by atoms with van der Waals surface area (Å²) in [6, 6.07) is 5.94. The Hall–Kier alpha value is -1.07. The molecule has 0 unspecified atom stereocenters. The van der Waals surface area contributed by atoms with E-state index in [2.05, 4.69) is 0 Å². The molecule has 16 heavy (non-hydrogen) atoms. The zero-order valence-electron chi connectivity index (χ0n) is 8.87. The number of benzene rings is 1. The Labute approximate surface area is 92.9 Å². The summed E-state index contributed by atoms with van der Waals surface area (Å²) in [7, 11) is 0. The quantitative estimate of drug-likeness (QED) is 0.811. The molecule has 0 fully saturated rings. The normalized spacial score (nSPS) is 11.4. The van der Waals surface area contributed by atoms with Gasteiger partial charge in [-0.3, -0.25) is 4.90 Å². The minimum atomic E-state index is -2.40. The van der Waals surface area contributed by atoms with Gasteiger partial charge in [-0.1, -0.05) is 12.1 Å². The largest absolute Gasteiger partial charge is 0.329 e. The van der Waals surface area contributed by atoms with Crippen LogP contribution in [0.1, 0.15) is 5.56 Å². The van der Waals surface area contributed by atoms with Gasteiger partial charge in [0.05, 0.1) is 6.54 Å². The van der Waals surface area contributed by atoms with Crippen molar-refractivity contribution >= 4 is 0 Å². The van der Waals surface area contributed by atoms with E-state index in [4.69, 9.17) is 5.73 Å². The van der Waals surface area contributed by atoms with Gasteiger partial charge in [0.15, 0.2) is 0 Å². The first-order valence-electron chi connectivity index (χ1n) is 5.07. The number of halogens is 3. The molecule has 0 aromatic heterocycles. The molecule has 0 aliphatic carbocycles. The number of nitrogens with two attached hydrogens (primary N) is 1. The molecule has 0 bridgehead atoms. The van der Waals surface area contributed by atoms with E-state index in [0.29, 0.717) is 25.2 Å². The average Bonchev–Trinajstić information content (AvgIpc) is 2.16. The summed E-state index contributed by atoms with van der Waals surface area (Å²) in [6.45, 7) is 0.635. The van der Waals surface area contributed by atoms with Crippen molar-refractivity contribution in [1.29, 1.82) is 0 Å². The molecule has 1 rings (SSSR count). The maximum Gasteiger partial charge on any atom is 0.251 e. The van der Waals surface area contributed by atoms with Crippen molar-refractivity contribution in [2.75, 3.05) is 19.6 Å². The second-order valence-electron chi connectivity index (χ2n) is 3.54. The van der Waals surface area contributed by atoms with Crippen molar-refractivity contribution in [2.45, 2.75) is 13.0 Å². The van der Waals surface area contributed by atoms with Crippen LogP contribution in [-0.4, -0.2) is 31.0 Å². The van der Waals surface area contributed by atoms with Gasteiger partial charge in [0.25, 0.3) is 6.43 Å². The van der Waals surface area contributed by atoms with Gasteiger partial charge in [-0.15, -0.1) is 0 Å². The highest BCUT2D eigenvalue weighted by Crippen LogP contribution is 2.08. The Morgan fingerprint density at radius 1 is 1.31 bits per heavy atom. The molecule has 2 nitrogen and oxygen atoms in total. The Balaban J connectivity index is 2.60. The van der Waals surface area contributed by atoms with Crippen LogP contribution in [0.4, 0.5) is 13.2 Å². The molecule has 2 N–H and O–H groups in total. The van der Waals surface area contributed by atoms with Crippen LogP contribution in [0, 0.1) is 5.82 Å². The highest BCUT2D eigenvalue weighted by molar-refractivity contribution is 5.16. The van der Waals surface area contributed by atoms with Gasteiger partial charge in [-0.05, 0) is 17.7 Å². The van der Waals surface area contributed by atoms with Gasteiger partial charge in [-0.2, -0.15) is 0 Å². The zero-order chi connectivity index (χ0) is 12.0. The Morgan fingerprint density at radius 3 is 2.62 bits per heavy atom. The van der Waals surface area contributed by atoms with E-state index >= 15 is 0 Å². The maximum atomic E-state index is 12.9. The van der Waals surface area contributed by atoms with Crippen LogP contribution in [-0.2, 0) is 6.54 Å². The molecule has 0 heterocycles. The Morgan fingerprint density at radius 2 is 2.06 bits per heavy atom. The predicted molar refractivity (Wildman–Crippen MR) is 56.7 cm³/mol. The van der Waals surface area contributed by atoms with E-state index in [-0.39, 0.29) is 12.4 Å². The van der Waals surface area contributed by atoms with Gasteiger partial charge in [0.1, 0.15) is 5.82 Å². The minimum absolute atomic E-state index is 0.291. The van der Waals surface area contributed by atoms with Crippen molar-refractivity contribution in [1.82, 2.24) is 4.90 Å². The summed E-state index contributed by atoms with van der Waals surface area (Å²) in [5.74, 6) is -0.359. The molecule has 1 aromatic carbocycles. The monoisotopic (exact) mass is 232 g/mol. The van der Waals surface area contributed by atoms with Crippen LogP contribution in [0.25, 0.3) is 0 Å². The van der Waals surface area contributed by atoms with Crippen molar-refractivity contribution in [2.24, 2.45) is 5.73 Å². The molecule has 0 saturated heterocycles. The standard InChI is InChI=1S/C11H15F3N2/c12-10-3-1-2-9(6-10)7-16(5-4-15)8-11(13)14/h1-3,6,11H,4-5,7-8,15H2. The van der Waals surface area contributed by atoms with E-state index < -0.39 is 6.43 Å². The van der Waals surface area contributed by atoms with Crippen LogP contribution < -0.4 is 5.73 Å². The van der Waals surface area contributed by atoms with Crippen LogP contribution >= 0.6 is 0 Å². The van der Waals surface area contributed by atoms with Crippen molar-refractivity contribution in [3.8, 4) is 0 Å². The average molecular weight is 232 g/mol. The fourth-order valence-electron chi connectivity index (χ4n) is 1.51. The number of alkyl halides is 2. The summed E-state index contributed by atoms with van der Waals surface area (Å²) in [4.78, 5) is 1.51. The van der Waals surface area contributed by atoms with Gasteiger partial charge < -0.3 is 5.73 Å². The molecule has 0 spiro atoms. The van der Waals surface area contributed by atoms with E-state index in [9.17, 15) is 13.2 Å². The predicted octanol–water partition coefficient (Wildman–Crippen LogP) is 1.85. The number of nitrogens with zero attached hydrogens (tertiary/aromatic N) is 1. The molecule has 5 heteroatoms. The van der Waals surface area contributed by atoms with Crippen LogP contribution in [0.15, 0.2) is 24.3 Å². The minimum Gasteiger partial charge on any atom is -0.329 e. The SMILES string of the molecule is NCCN(Cc1cccc(F)c1)CC(F)F. The van der Waals surface area contributed by atoms with Gasteiger partial charge >= 0.3 is 0 Å². The van der Waals surface area contributed by atoms with Gasteiger partial charge in [0, 0.05) is 19.6 Å².